The first-order valence-electron chi connectivity index (χ1n) is 7.50. The van der Waals surface area contributed by atoms with Crippen LogP contribution in [0.15, 0.2) is 33.6 Å². The third-order valence-corrected chi connectivity index (χ3v) is 3.65. The number of hydrogen-bond donors (Lipinski definition) is 1. The van der Waals surface area contributed by atoms with Crippen molar-refractivity contribution in [2.45, 2.75) is 26.3 Å². The van der Waals surface area contributed by atoms with Gasteiger partial charge in [-0.15, -0.1) is 0 Å². The molecule has 0 fully saturated rings. The van der Waals surface area contributed by atoms with Gasteiger partial charge in [0.1, 0.15) is 6.04 Å². The van der Waals surface area contributed by atoms with Gasteiger partial charge in [-0.25, -0.2) is 4.68 Å². The molecule has 1 aromatic carbocycles. The highest BCUT2D eigenvalue weighted by Crippen LogP contribution is 2.14. The lowest BCUT2D eigenvalue weighted by Gasteiger charge is -2.11. The van der Waals surface area contributed by atoms with Crippen molar-refractivity contribution >= 4 is 16.7 Å². The minimum absolute atomic E-state index is 0.0477. The largest absolute Gasteiger partial charge is 0.344 e. The molecule has 0 aliphatic heterocycles. The Labute approximate surface area is 137 Å². The zero-order valence-corrected chi connectivity index (χ0v) is 13.6. The molecular weight excluding hydrogens is 310 g/mol. The number of nitrogens with zero attached hydrogens (tertiary/aromatic N) is 4. The second kappa shape index (κ2) is 6.23. The normalized spacial score (nSPS) is 12.3. The molecule has 1 amide bonds. The molecule has 0 saturated heterocycles. The summed E-state index contributed by atoms with van der Waals surface area (Å²) in [5.74, 6) is 0.616. The molecule has 8 nitrogen and oxygen atoms in total. The fourth-order valence-electron chi connectivity index (χ4n) is 2.50. The Morgan fingerprint density at radius 2 is 2.04 bits per heavy atom. The highest BCUT2D eigenvalue weighted by Gasteiger charge is 2.17. The van der Waals surface area contributed by atoms with Gasteiger partial charge in [0.25, 0.3) is 5.56 Å². The van der Waals surface area contributed by atoms with Crippen molar-refractivity contribution < 1.29 is 9.32 Å². The second-order valence-corrected chi connectivity index (χ2v) is 5.57. The van der Waals surface area contributed by atoms with E-state index in [4.69, 9.17) is 4.52 Å². The Balaban J connectivity index is 1.83. The molecular formula is C16H17N5O3. The minimum atomic E-state index is -0.405. The van der Waals surface area contributed by atoms with E-state index in [-0.39, 0.29) is 17.9 Å². The number of carbonyl (C=O) groups excluding carboxylic acids is 1. The lowest BCUT2D eigenvalue weighted by molar-refractivity contribution is -0.121. The van der Waals surface area contributed by atoms with E-state index in [1.807, 2.05) is 6.07 Å². The number of rotatable bonds is 4. The molecule has 8 heteroatoms. The van der Waals surface area contributed by atoms with Gasteiger partial charge >= 0.3 is 0 Å². The Morgan fingerprint density at radius 3 is 2.71 bits per heavy atom. The van der Waals surface area contributed by atoms with Gasteiger partial charge in [-0.05, 0) is 19.9 Å². The first-order chi connectivity index (χ1) is 11.5. The van der Waals surface area contributed by atoms with Gasteiger partial charge in [0, 0.05) is 12.4 Å². The van der Waals surface area contributed by atoms with Crippen LogP contribution in [-0.2, 0) is 18.3 Å². The summed E-state index contributed by atoms with van der Waals surface area (Å²) in [4.78, 5) is 28.5. The van der Waals surface area contributed by atoms with Crippen molar-refractivity contribution in [1.82, 2.24) is 25.2 Å². The van der Waals surface area contributed by atoms with Crippen LogP contribution in [0.3, 0.4) is 0 Å². The quantitative estimate of drug-likeness (QED) is 0.768. The van der Waals surface area contributed by atoms with Gasteiger partial charge in [0.2, 0.25) is 11.8 Å². The smallest absolute Gasteiger partial charge is 0.274 e. The lowest BCUT2D eigenvalue weighted by atomic mass is 10.1. The molecule has 0 aliphatic rings. The molecule has 3 rings (SSSR count). The summed E-state index contributed by atoms with van der Waals surface area (Å²) >= 11 is 0. The predicted octanol–water partition coefficient (Wildman–Crippen LogP) is 1.04. The maximum atomic E-state index is 12.3. The van der Waals surface area contributed by atoms with E-state index in [1.54, 1.807) is 39.1 Å². The highest BCUT2D eigenvalue weighted by atomic mass is 16.5. The molecule has 0 bridgehead atoms. The Kier molecular flexibility index (Phi) is 4.11. The number of aromatic nitrogens is 4. The summed E-state index contributed by atoms with van der Waals surface area (Å²) in [6.45, 7) is 3.47. The van der Waals surface area contributed by atoms with Crippen LogP contribution in [0, 0.1) is 6.92 Å². The van der Waals surface area contributed by atoms with E-state index in [9.17, 15) is 9.59 Å². The Hall–Kier alpha value is -3.03. The first-order valence-corrected chi connectivity index (χ1v) is 7.50. The van der Waals surface area contributed by atoms with Gasteiger partial charge in [-0.1, -0.05) is 23.4 Å². The van der Waals surface area contributed by atoms with Crippen molar-refractivity contribution in [3.05, 3.63) is 52.0 Å². The maximum Gasteiger partial charge on any atom is 0.274 e. The summed E-state index contributed by atoms with van der Waals surface area (Å²) in [5, 5.41) is 11.9. The molecule has 2 aromatic heterocycles. The van der Waals surface area contributed by atoms with Gasteiger partial charge in [-0.3, -0.25) is 9.59 Å². The van der Waals surface area contributed by atoms with Crippen LogP contribution < -0.4 is 10.9 Å². The summed E-state index contributed by atoms with van der Waals surface area (Å²) in [6.07, 6.45) is 0.0477. The molecule has 124 valence electrons. The SMILES string of the molecule is Cc1noc(C(C)NC(=O)Cc2nn(C)c(=O)c3ccccc23)n1. The molecule has 1 atom stereocenters. The van der Waals surface area contributed by atoms with Crippen LogP contribution in [0.5, 0.6) is 0 Å². The molecule has 0 spiro atoms. The molecule has 1 unspecified atom stereocenters. The zero-order chi connectivity index (χ0) is 17.3. The van der Waals surface area contributed by atoms with E-state index in [0.29, 0.717) is 28.2 Å². The lowest BCUT2D eigenvalue weighted by Crippen LogP contribution is -2.30. The number of carbonyl (C=O) groups is 1. The number of fused-ring (bicyclic) bond motifs is 1. The van der Waals surface area contributed by atoms with Crippen molar-refractivity contribution in [2.75, 3.05) is 0 Å². The van der Waals surface area contributed by atoms with Crippen LogP contribution in [0.4, 0.5) is 0 Å². The van der Waals surface area contributed by atoms with Crippen LogP contribution in [0.25, 0.3) is 10.8 Å². The van der Waals surface area contributed by atoms with Gasteiger partial charge in [0.05, 0.1) is 17.5 Å². The zero-order valence-electron chi connectivity index (χ0n) is 13.6. The van der Waals surface area contributed by atoms with Crippen molar-refractivity contribution in [3.8, 4) is 0 Å². The molecule has 3 aromatic rings. The van der Waals surface area contributed by atoms with E-state index in [0.717, 1.165) is 0 Å². The molecule has 0 saturated carbocycles. The average Bonchev–Trinajstić information content (AvgIpc) is 2.99. The van der Waals surface area contributed by atoms with Gasteiger partial charge in [-0.2, -0.15) is 10.1 Å². The maximum absolute atomic E-state index is 12.3. The van der Waals surface area contributed by atoms with Crippen molar-refractivity contribution in [3.63, 3.8) is 0 Å². The standard InChI is InChI=1S/C16H17N5O3/c1-9(15-18-10(2)20-24-15)17-14(22)8-13-11-6-4-5-7-12(11)16(23)21(3)19-13/h4-7,9H,8H2,1-3H3,(H,17,22). The first kappa shape index (κ1) is 15.9. The number of amides is 1. The molecule has 24 heavy (non-hydrogen) atoms. The third kappa shape index (κ3) is 3.03. The molecule has 0 radical (unpaired) electrons. The van der Waals surface area contributed by atoms with Gasteiger partial charge in [0.15, 0.2) is 5.82 Å². The Morgan fingerprint density at radius 1 is 1.33 bits per heavy atom. The van der Waals surface area contributed by atoms with Crippen LogP contribution in [0.1, 0.15) is 30.4 Å². The molecule has 1 N–H and O–H groups in total. The van der Waals surface area contributed by atoms with Crippen LogP contribution >= 0.6 is 0 Å². The van der Waals surface area contributed by atoms with E-state index < -0.39 is 6.04 Å². The predicted molar refractivity (Wildman–Crippen MR) is 86.3 cm³/mol. The van der Waals surface area contributed by atoms with Crippen molar-refractivity contribution in [1.29, 1.82) is 0 Å². The summed E-state index contributed by atoms with van der Waals surface area (Å²) in [5.41, 5.74) is 0.351. The molecule has 0 aliphatic carbocycles. The van der Waals surface area contributed by atoms with E-state index >= 15 is 0 Å². The topological polar surface area (TPSA) is 103 Å². The third-order valence-electron chi connectivity index (χ3n) is 3.65. The highest BCUT2D eigenvalue weighted by molar-refractivity contribution is 5.88. The number of hydrogen-bond acceptors (Lipinski definition) is 6. The van der Waals surface area contributed by atoms with Crippen molar-refractivity contribution in [2.24, 2.45) is 7.05 Å². The fraction of sp³-hybridized carbons (Fsp3) is 0.312. The minimum Gasteiger partial charge on any atom is -0.344 e. The number of benzene rings is 1. The van der Waals surface area contributed by atoms with Crippen LogP contribution in [-0.4, -0.2) is 25.8 Å². The number of aryl methyl sites for hydroxylation is 2. The summed E-state index contributed by atoms with van der Waals surface area (Å²) in [7, 11) is 1.57. The number of nitrogens with one attached hydrogen (secondary N) is 1. The summed E-state index contributed by atoms with van der Waals surface area (Å²) < 4.78 is 6.29. The van der Waals surface area contributed by atoms with E-state index in [2.05, 4.69) is 20.6 Å². The summed E-state index contributed by atoms with van der Waals surface area (Å²) in [6, 6.07) is 6.71. The second-order valence-electron chi connectivity index (χ2n) is 5.57. The average molecular weight is 327 g/mol. The van der Waals surface area contributed by atoms with E-state index in [1.165, 1.54) is 4.68 Å². The monoisotopic (exact) mass is 327 g/mol. The fourth-order valence-corrected chi connectivity index (χ4v) is 2.50. The molecule has 2 heterocycles. The Bertz CT molecular complexity index is 960. The van der Waals surface area contributed by atoms with Crippen LogP contribution in [0.2, 0.25) is 0 Å². The van der Waals surface area contributed by atoms with Gasteiger partial charge < -0.3 is 9.84 Å².